The highest BCUT2D eigenvalue weighted by molar-refractivity contribution is 7.69. The van der Waals surface area contributed by atoms with Crippen molar-refractivity contribution in [2.24, 2.45) is 0 Å². The fourth-order valence-corrected chi connectivity index (χ4v) is 23.7. The first kappa shape index (κ1) is 60.1. The predicted molar refractivity (Wildman–Crippen MR) is 361 cm³/mol. The quantitative estimate of drug-likeness (QED) is 0.0802. The first-order chi connectivity index (χ1) is 41.1. The Bertz CT molecular complexity index is 3010. The Morgan fingerprint density at radius 1 is 0.310 bits per heavy atom. The molecule has 0 saturated heterocycles. The molecule has 4 aliphatic rings. The van der Waals surface area contributed by atoms with Crippen LogP contribution in [0.4, 0.5) is 0 Å². The maximum Gasteiger partial charge on any atom is 0.138 e. The van der Waals surface area contributed by atoms with Gasteiger partial charge < -0.3 is 23.7 Å². The molecule has 0 radical (unpaired) electrons. The first-order valence-electron chi connectivity index (χ1n) is 32.3. The second-order valence-corrected chi connectivity index (χ2v) is 30.7. The number of ether oxygens (including phenoxy) is 5. The lowest BCUT2D eigenvalue weighted by Crippen LogP contribution is -2.35. The van der Waals surface area contributed by atoms with Gasteiger partial charge in [-0.15, -0.1) is 0 Å². The van der Waals surface area contributed by atoms with Crippen LogP contribution in [0.1, 0.15) is 165 Å². The van der Waals surface area contributed by atoms with Crippen molar-refractivity contribution in [3.8, 4) is 95.5 Å². The Labute approximate surface area is 507 Å². The average molecular weight is 1160 g/mol. The van der Waals surface area contributed by atoms with Gasteiger partial charge in [-0.3, -0.25) is 0 Å². The van der Waals surface area contributed by atoms with Crippen LogP contribution in [0.25, 0.3) is 66.8 Å². The average Bonchev–Trinajstić information content (AvgIpc) is 0.801. The summed E-state index contributed by atoms with van der Waals surface area (Å²) in [6.07, 6.45) is 25.4. The fourth-order valence-electron chi connectivity index (χ4n) is 15.6. The molecule has 0 unspecified atom stereocenters. The first-order valence-corrected chi connectivity index (χ1v) is 35.3. The van der Waals surface area contributed by atoms with Crippen LogP contribution in [0.3, 0.4) is 0 Å². The Hall–Kier alpha value is -5.60. The van der Waals surface area contributed by atoms with Crippen molar-refractivity contribution in [1.29, 1.82) is 0 Å². The highest BCUT2D eigenvalue weighted by atomic mass is 31.1. The van der Waals surface area contributed by atoms with Gasteiger partial charge in [0.1, 0.15) is 28.7 Å². The van der Waals surface area contributed by atoms with Gasteiger partial charge >= 0.3 is 0 Å². The number of hydrogen-bond acceptors (Lipinski definition) is 5. The van der Waals surface area contributed by atoms with Gasteiger partial charge in [-0.05, 0) is 178 Å². The van der Waals surface area contributed by atoms with Crippen molar-refractivity contribution in [3.05, 3.63) is 138 Å². The molecule has 0 heterocycles. The molecule has 0 spiro atoms. The summed E-state index contributed by atoms with van der Waals surface area (Å²) < 4.78 is 36.9. The van der Waals surface area contributed by atoms with E-state index < -0.39 is 15.8 Å². The molecule has 5 nitrogen and oxygen atoms in total. The van der Waals surface area contributed by atoms with Gasteiger partial charge in [0, 0.05) is 44.0 Å². The minimum absolute atomic E-state index is 0.0935. The number of hydrogen-bond donors (Lipinski definition) is 0. The van der Waals surface area contributed by atoms with Crippen molar-refractivity contribution in [2.45, 2.75) is 199 Å². The Morgan fingerprint density at radius 2 is 0.548 bits per heavy atom. The number of benzene rings is 7. The molecule has 7 aromatic rings. The molecule has 7 aromatic carbocycles. The van der Waals surface area contributed by atoms with Crippen LogP contribution in [-0.4, -0.2) is 57.2 Å². The molecule has 0 aromatic heterocycles. The van der Waals surface area contributed by atoms with Crippen molar-refractivity contribution in [1.82, 2.24) is 0 Å². The van der Waals surface area contributed by atoms with Crippen LogP contribution >= 0.6 is 15.8 Å². The molecule has 11 rings (SSSR count). The molecule has 0 aliphatic heterocycles. The highest BCUT2D eigenvalue weighted by Gasteiger charge is 2.44. The second-order valence-electron chi connectivity index (χ2n) is 25.2. The minimum atomic E-state index is -0.824. The van der Waals surface area contributed by atoms with E-state index in [1.807, 2.05) is 28.4 Å². The van der Waals surface area contributed by atoms with E-state index in [1.54, 1.807) is 0 Å². The summed E-state index contributed by atoms with van der Waals surface area (Å²) in [6.45, 7) is 13.6. The van der Waals surface area contributed by atoms with Crippen LogP contribution in [0.2, 0.25) is 0 Å². The molecular formula is C77H94O5P2. The van der Waals surface area contributed by atoms with E-state index in [0.29, 0.717) is 22.6 Å². The molecule has 84 heavy (non-hydrogen) atoms. The maximum atomic E-state index is 8.23. The topological polar surface area (TPSA) is 46.2 Å². The Kier molecular flexibility index (Phi) is 19.6. The zero-order valence-electron chi connectivity index (χ0n) is 52.4. The van der Waals surface area contributed by atoms with Gasteiger partial charge in [0.25, 0.3) is 0 Å². The van der Waals surface area contributed by atoms with Crippen molar-refractivity contribution < 1.29 is 23.7 Å². The number of methoxy groups -OCH3 is 4. The van der Waals surface area contributed by atoms with E-state index in [4.69, 9.17) is 23.7 Å². The number of aryl methyl sites for hydroxylation is 4. The van der Waals surface area contributed by atoms with Gasteiger partial charge in [-0.25, -0.2) is 0 Å². The van der Waals surface area contributed by atoms with Gasteiger partial charge in [0.15, 0.2) is 0 Å². The standard InChI is InChI=1S/C77H94O5P2/c1-50(2)82-75-76(83(55-35-15-11-16-36-55)56-37-17-12-18-38-56)67(69-71(78-7)63(59-43-27-23-31-51(59)3)47-64(72(69)79-8)60-44-28-24-32-52(60)4)49-68(77(75)84(57-39-19-13-20-40-57)58-41-21-14-22-42-58)70-73(80-9)65(61-45-29-25-33-53(61)5)48-66(74(70)81-10)62-46-30-26-34-54(62)6/h23-34,43-50,55-58H,11-22,35-42H2,1-10H3. The van der Waals surface area contributed by atoms with E-state index in [2.05, 4.69) is 157 Å². The lowest BCUT2D eigenvalue weighted by atomic mass is 9.85. The summed E-state index contributed by atoms with van der Waals surface area (Å²) in [5, 5.41) is 2.94. The summed E-state index contributed by atoms with van der Waals surface area (Å²) in [5.74, 6) is 4.53. The lowest BCUT2D eigenvalue weighted by Gasteiger charge is -2.44. The van der Waals surface area contributed by atoms with E-state index in [-0.39, 0.29) is 6.10 Å². The summed E-state index contributed by atoms with van der Waals surface area (Å²) >= 11 is 0. The van der Waals surface area contributed by atoms with E-state index >= 15 is 0 Å². The molecule has 0 amide bonds. The summed E-state index contributed by atoms with van der Waals surface area (Å²) in [6, 6.07) is 42.9. The second kappa shape index (κ2) is 27.4. The van der Waals surface area contributed by atoms with Crippen molar-refractivity contribution in [3.63, 3.8) is 0 Å². The third-order valence-corrected chi connectivity index (χ3v) is 26.7. The normalized spacial score (nSPS) is 16.8. The molecule has 0 atom stereocenters. The fraction of sp³-hybridized carbons (Fsp3) is 0.455. The van der Waals surface area contributed by atoms with E-state index in [1.165, 1.54) is 178 Å². The van der Waals surface area contributed by atoms with Gasteiger partial charge in [0.2, 0.25) is 0 Å². The maximum absolute atomic E-state index is 8.23. The molecule has 7 heteroatoms. The third kappa shape index (κ3) is 12.0. The summed E-state index contributed by atoms with van der Waals surface area (Å²) in [4.78, 5) is 0. The largest absolute Gasteiger partial charge is 0.495 e. The van der Waals surface area contributed by atoms with Crippen LogP contribution < -0.4 is 34.3 Å². The molecule has 4 saturated carbocycles. The van der Waals surface area contributed by atoms with E-state index in [0.717, 1.165) is 78.6 Å². The van der Waals surface area contributed by atoms with Crippen LogP contribution in [-0.2, 0) is 0 Å². The smallest absolute Gasteiger partial charge is 0.138 e. The SMILES string of the molecule is COc1c(-c2ccccc2C)cc(-c2ccccc2C)c(OC)c1-c1cc(-c2c(OC)c(-c3ccccc3C)cc(-c3ccccc3C)c2OC)c(P(C2CCCCC2)C2CCCCC2)c(OC(C)C)c1P(C1CCCCC1)C1CCCCC1. The molecular weight excluding hydrogens is 1070 g/mol. The van der Waals surface area contributed by atoms with Gasteiger partial charge in [-0.1, -0.05) is 190 Å². The van der Waals surface area contributed by atoms with Crippen molar-refractivity contribution >= 4 is 26.5 Å². The molecule has 442 valence electrons. The minimum Gasteiger partial charge on any atom is -0.495 e. The summed E-state index contributed by atoms with van der Waals surface area (Å²) in [7, 11) is 5.95. The molecule has 0 N–H and O–H groups in total. The summed E-state index contributed by atoms with van der Waals surface area (Å²) in [5.41, 5.74) is 20.4. The van der Waals surface area contributed by atoms with Crippen LogP contribution in [0, 0.1) is 27.7 Å². The molecule has 4 aliphatic carbocycles. The highest BCUT2D eigenvalue weighted by Crippen LogP contribution is 2.66. The van der Waals surface area contributed by atoms with Crippen LogP contribution in [0.15, 0.2) is 115 Å². The third-order valence-electron chi connectivity index (χ3n) is 19.5. The van der Waals surface area contributed by atoms with Crippen LogP contribution in [0.5, 0.6) is 28.7 Å². The molecule has 4 fully saturated rings. The van der Waals surface area contributed by atoms with Crippen molar-refractivity contribution in [2.75, 3.05) is 28.4 Å². The van der Waals surface area contributed by atoms with E-state index in [9.17, 15) is 0 Å². The van der Waals surface area contributed by atoms with Gasteiger partial charge in [0.05, 0.1) is 45.7 Å². The Morgan fingerprint density at radius 3 is 0.774 bits per heavy atom. The molecule has 0 bridgehead atoms. The lowest BCUT2D eigenvalue weighted by molar-refractivity contribution is 0.246. The Balaban J connectivity index is 1.44. The number of rotatable bonds is 18. The monoisotopic (exact) mass is 1160 g/mol. The predicted octanol–water partition coefficient (Wildman–Crippen LogP) is 21.3. The van der Waals surface area contributed by atoms with Gasteiger partial charge in [-0.2, -0.15) is 0 Å². The zero-order valence-corrected chi connectivity index (χ0v) is 54.2. The zero-order chi connectivity index (χ0) is 58.4.